The fourth-order valence-corrected chi connectivity index (χ4v) is 2.68. The van der Waals surface area contributed by atoms with E-state index in [0.717, 1.165) is 5.56 Å². The van der Waals surface area contributed by atoms with Crippen LogP contribution in [0.1, 0.15) is 39.2 Å². The van der Waals surface area contributed by atoms with Crippen molar-refractivity contribution in [3.63, 3.8) is 0 Å². The molecule has 1 rings (SSSR count). The number of benzene rings is 1. The molecule has 0 bridgehead atoms. The fourth-order valence-electron chi connectivity index (χ4n) is 1.79. The predicted octanol–water partition coefficient (Wildman–Crippen LogP) is 2.84. The van der Waals surface area contributed by atoms with Gasteiger partial charge in [0.05, 0.1) is 18.1 Å². The van der Waals surface area contributed by atoms with E-state index in [1.165, 1.54) is 12.1 Å². The number of ether oxygens (including phenoxy) is 2. The van der Waals surface area contributed by atoms with Crippen LogP contribution in [0.3, 0.4) is 0 Å². The number of carbonyl (C=O) groups is 1. The molecule has 0 unspecified atom stereocenters. The quantitative estimate of drug-likeness (QED) is 0.384. The van der Waals surface area contributed by atoms with Crippen LogP contribution >= 0.6 is 0 Å². The van der Waals surface area contributed by atoms with Gasteiger partial charge in [0.1, 0.15) is 5.60 Å². The molecule has 6 nitrogen and oxygen atoms in total. The number of hydrogen-bond donors (Lipinski definition) is 0. The van der Waals surface area contributed by atoms with E-state index < -0.39 is 15.7 Å². The SMILES string of the molecule is Cc1ccc(S(=O)(=O)OCCOCCCC(=O)OC(C)(C)C)cc1. The standard InChI is InChI=1S/C17H26O6S/c1-14-7-9-15(10-8-14)24(19,20)22-13-12-21-11-5-6-16(18)23-17(2,3)4/h7-10H,5-6,11-13H2,1-4H3. The fraction of sp³-hybridized carbons (Fsp3) is 0.588. The van der Waals surface area contributed by atoms with E-state index in [1.807, 2.05) is 27.7 Å². The molecule has 0 atom stereocenters. The number of hydrogen-bond acceptors (Lipinski definition) is 6. The van der Waals surface area contributed by atoms with Crippen molar-refractivity contribution in [3.8, 4) is 0 Å². The zero-order valence-corrected chi connectivity index (χ0v) is 15.5. The number of carbonyl (C=O) groups excluding carboxylic acids is 1. The van der Waals surface area contributed by atoms with Gasteiger partial charge in [0.25, 0.3) is 10.1 Å². The first-order valence-corrected chi connectivity index (χ1v) is 9.27. The Morgan fingerprint density at radius 1 is 1.04 bits per heavy atom. The number of aryl methyl sites for hydroxylation is 1. The summed E-state index contributed by atoms with van der Waals surface area (Å²) in [4.78, 5) is 11.6. The molecule has 0 spiro atoms. The molecule has 0 aromatic heterocycles. The molecular formula is C17H26O6S. The zero-order valence-electron chi connectivity index (χ0n) is 14.7. The maximum absolute atomic E-state index is 11.9. The van der Waals surface area contributed by atoms with Crippen molar-refractivity contribution in [3.05, 3.63) is 29.8 Å². The largest absolute Gasteiger partial charge is 0.460 e. The Morgan fingerprint density at radius 2 is 1.67 bits per heavy atom. The summed E-state index contributed by atoms with van der Waals surface area (Å²) in [5.74, 6) is -0.274. The van der Waals surface area contributed by atoms with E-state index in [0.29, 0.717) is 13.0 Å². The monoisotopic (exact) mass is 358 g/mol. The Hall–Kier alpha value is -1.44. The average molecular weight is 358 g/mol. The second-order valence-electron chi connectivity index (χ2n) is 6.39. The van der Waals surface area contributed by atoms with Crippen molar-refractivity contribution in [2.24, 2.45) is 0 Å². The van der Waals surface area contributed by atoms with Gasteiger partial charge in [0.15, 0.2) is 0 Å². The van der Waals surface area contributed by atoms with Gasteiger partial charge < -0.3 is 9.47 Å². The van der Waals surface area contributed by atoms with Gasteiger partial charge >= 0.3 is 5.97 Å². The van der Waals surface area contributed by atoms with Crippen LogP contribution in [0.4, 0.5) is 0 Å². The molecular weight excluding hydrogens is 332 g/mol. The van der Waals surface area contributed by atoms with Crippen LogP contribution in [0, 0.1) is 6.92 Å². The van der Waals surface area contributed by atoms with Crippen LogP contribution in [-0.4, -0.2) is 39.8 Å². The Bertz CT molecular complexity index is 613. The second-order valence-corrected chi connectivity index (χ2v) is 8.01. The van der Waals surface area contributed by atoms with Crippen LogP contribution in [0.2, 0.25) is 0 Å². The minimum atomic E-state index is -3.76. The van der Waals surface area contributed by atoms with Crippen molar-refractivity contribution in [2.75, 3.05) is 19.8 Å². The molecule has 24 heavy (non-hydrogen) atoms. The normalized spacial score (nSPS) is 12.2. The lowest BCUT2D eigenvalue weighted by molar-refractivity contribution is -0.155. The van der Waals surface area contributed by atoms with Gasteiger partial charge in [-0.15, -0.1) is 0 Å². The third-order valence-electron chi connectivity index (χ3n) is 2.87. The third-order valence-corrected chi connectivity index (χ3v) is 4.19. The highest BCUT2D eigenvalue weighted by atomic mass is 32.2. The van der Waals surface area contributed by atoms with Crippen LogP contribution in [0.15, 0.2) is 29.2 Å². The molecule has 1 aromatic carbocycles. The molecule has 0 fully saturated rings. The molecule has 0 saturated heterocycles. The summed E-state index contributed by atoms with van der Waals surface area (Å²) in [5, 5.41) is 0. The molecule has 0 aliphatic rings. The van der Waals surface area contributed by atoms with Crippen LogP contribution < -0.4 is 0 Å². The van der Waals surface area contributed by atoms with Crippen LogP contribution in [0.5, 0.6) is 0 Å². The maximum atomic E-state index is 11.9. The van der Waals surface area contributed by atoms with E-state index >= 15 is 0 Å². The van der Waals surface area contributed by atoms with E-state index in [1.54, 1.807) is 12.1 Å². The highest BCUT2D eigenvalue weighted by molar-refractivity contribution is 7.86. The smallest absolute Gasteiger partial charge is 0.306 e. The summed E-state index contributed by atoms with van der Waals surface area (Å²) in [7, 11) is -3.76. The van der Waals surface area contributed by atoms with Crippen LogP contribution in [0.25, 0.3) is 0 Å². The van der Waals surface area contributed by atoms with Gasteiger partial charge in [-0.25, -0.2) is 0 Å². The third kappa shape index (κ3) is 8.42. The second kappa shape index (κ2) is 9.15. The van der Waals surface area contributed by atoms with Gasteiger partial charge in [-0.1, -0.05) is 17.7 Å². The molecule has 0 aliphatic carbocycles. The van der Waals surface area contributed by atoms with Gasteiger partial charge in [-0.3, -0.25) is 8.98 Å². The summed E-state index contributed by atoms with van der Waals surface area (Å²) in [6.07, 6.45) is 0.777. The van der Waals surface area contributed by atoms with Crippen molar-refractivity contribution < 1.29 is 26.9 Å². The molecule has 136 valence electrons. The lowest BCUT2D eigenvalue weighted by Crippen LogP contribution is -2.23. The molecule has 7 heteroatoms. The lowest BCUT2D eigenvalue weighted by Gasteiger charge is -2.19. The Labute approximate surface area is 144 Å². The zero-order chi connectivity index (χ0) is 18.2. The summed E-state index contributed by atoms with van der Waals surface area (Å²) < 4.78 is 39.2. The minimum Gasteiger partial charge on any atom is -0.460 e. The Balaban J connectivity index is 2.18. The van der Waals surface area contributed by atoms with Gasteiger partial charge in [0, 0.05) is 13.0 Å². The molecule has 0 saturated carbocycles. The van der Waals surface area contributed by atoms with Gasteiger partial charge in [0.2, 0.25) is 0 Å². The lowest BCUT2D eigenvalue weighted by atomic mass is 10.2. The molecule has 1 aromatic rings. The van der Waals surface area contributed by atoms with Crippen molar-refractivity contribution in [2.45, 2.75) is 51.0 Å². The van der Waals surface area contributed by atoms with Crippen LogP contribution in [-0.2, 0) is 28.6 Å². The molecule has 0 N–H and O–H groups in total. The first kappa shape index (κ1) is 20.6. The van der Waals surface area contributed by atoms with Crippen molar-refractivity contribution in [1.82, 2.24) is 0 Å². The molecule has 0 heterocycles. The minimum absolute atomic E-state index is 0.0668. The molecule has 0 radical (unpaired) electrons. The highest BCUT2D eigenvalue weighted by Gasteiger charge is 2.16. The summed E-state index contributed by atoms with van der Waals surface area (Å²) >= 11 is 0. The molecule has 0 aliphatic heterocycles. The van der Waals surface area contributed by atoms with Crippen molar-refractivity contribution >= 4 is 16.1 Å². The Morgan fingerprint density at radius 3 is 2.25 bits per heavy atom. The average Bonchev–Trinajstić information content (AvgIpc) is 2.44. The number of esters is 1. The first-order chi connectivity index (χ1) is 11.1. The summed E-state index contributed by atoms with van der Waals surface area (Å²) in [5.41, 5.74) is 0.484. The summed E-state index contributed by atoms with van der Waals surface area (Å²) in [6, 6.07) is 6.44. The van der Waals surface area contributed by atoms with Gasteiger partial charge in [-0.2, -0.15) is 8.42 Å². The van der Waals surface area contributed by atoms with Crippen molar-refractivity contribution in [1.29, 1.82) is 0 Å². The molecule has 0 amide bonds. The summed E-state index contributed by atoms with van der Waals surface area (Å²) in [6.45, 7) is 7.73. The van der Waals surface area contributed by atoms with E-state index in [4.69, 9.17) is 13.7 Å². The van der Waals surface area contributed by atoms with E-state index in [-0.39, 0.29) is 30.5 Å². The van der Waals surface area contributed by atoms with E-state index in [9.17, 15) is 13.2 Å². The number of rotatable bonds is 9. The van der Waals surface area contributed by atoms with Gasteiger partial charge in [-0.05, 0) is 46.2 Å². The first-order valence-electron chi connectivity index (χ1n) is 7.86. The Kier molecular flexibility index (Phi) is 7.86. The highest BCUT2D eigenvalue weighted by Crippen LogP contribution is 2.13. The van der Waals surface area contributed by atoms with E-state index in [2.05, 4.69) is 0 Å². The predicted molar refractivity (Wildman–Crippen MR) is 90.2 cm³/mol. The maximum Gasteiger partial charge on any atom is 0.306 e. The topological polar surface area (TPSA) is 78.9 Å².